The van der Waals surface area contributed by atoms with Gasteiger partial charge in [0, 0.05) is 32.2 Å². The quantitative estimate of drug-likeness (QED) is 0.734. The van der Waals surface area contributed by atoms with Gasteiger partial charge in [-0.05, 0) is 13.8 Å². The monoisotopic (exact) mass is 229 g/mol. The minimum Gasteiger partial charge on any atom is -0.340 e. The third kappa shape index (κ3) is 2.31. The molecule has 84 valence electrons. The minimum atomic E-state index is -0.0150. The first-order valence-electron chi connectivity index (χ1n) is 4.80. The van der Waals surface area contributed by atoms with E-state index in [1.165, 1.54) is 0 Å². The molecular weight excluding hydrogens is 214 g/mol. The molecule has 0 atom stereocenters. The standard InChI is InChI=1S/C10H16ClN3O/c1-7-9(8(2)14(4)12-7)10(15)13(3)6-5-11/h5-6H2,1-4H3. The van der Waals surface area contributed by atoms with Crippen molar-refractivity contribution < 1.29 is 4.79 Å². The van der Waals surface area contributed by atoms with E-state index in [1.807, 2.05) is 20.9 Å². The molecule has 1 aromatic rings. The Morgan fingerprint density at radius 3 is 2.53 bits per heavy atom. The Hall–Kier alpha value is -1.03. The molecule has 4 nitrogen and oxygen atoms in total. The average molecular weight is 230 g/mol. The summed E-state index contributed by atoms with van der Waals surface area (Å²) in [5.74, 6) is 0.430. The van der Waals surface area contributed by atoms with Crippen LogP contribution in [-0.4, -0.2) is 40.1 Å². The molecule has 1 aromatic heterocycles. The van der Waals surface area contributed by atoms with E-state index < -0.39 is 0 Å². The molecule has 1 amide bonds. The second-order valence-electron chi connectivity index (χ2n) is 3.59. The first kappa shape index (κ1) is 12.0. The van der Waals surface area contributed by atoms with E-state index in [-0.39, 0.29) is 5.91 Å². The fourth-order valence-electron chi connectivity index (χ4n) is 1.50. The third-order valence-electron chi connectivity index (χ3n) is 2.49. The van der Waals surface area contributed by atoms with Gasteiger partial charge in [0.1, 0.15) is 0 Å². The summed E-state index contributed by atoms with van der Waals surface area (Å²) in [6, 6.07) is 0. The van der Waals surface area contributed by atoms with Crippen LogP contribution in [0.5, 0.6) is 0 Å². The van der Waals surface area contributed by atoms with Crippen LogP contribution in [0.3, 0.4) is 0 Å². The SMILES string of the molecule is Cc1nn(C)c(C)c1C(=O)N(C)CCCl. The molecule has 0 saturated carbocycles. The van der Waals surface area contributed by atoms with Gasteiger partial charge in [0.25, 0.3) is 5.91 Å². The highest BCUT2D eigenvalue weighted by molar-refractivity contribution is 6.18. The van der Waals surface area contributed by atoms with Crippen molar-refractivity contribution >= 4 is 17.5 Å². The number of carbonyl (C=O) groups excluding carboxylic acids is 1. The number of aryl methyl sites for hydroxylation is 2. The van der Waals surface area contributed by atoms with Crippen LogP contribution < -0.4 is 0 Å². The summed E-state index contributed by atoms with van der Waals surface area (Å²) in [7, 11) is 3.58. The highest BCUT2D eigenvalue weighted by Crippen LogP contribution is 2.13. The maximum Gasteiger partial charge on any atom is 0.257 e. The fraction of sp³-hybridized carbons (Fsp3) is 0.600. The molecule has 0 fully saturated rings. The van der Waals surface area contributed by atoms with E-state index in [2.05, 4.69) is 5.10 Å². The van der Waals surface area contributed by atoms with E-state index in [0.717, 1.165) is 11.4 Å². The molecule has 0 radical (unpaired) electrons. The molecule has 0 aromatic carbocycles. The molecule has 0 aliphatic rings. The molecule has 15 heavy (non-hydrogen) atoms. The van der Waals surface area contributed by atoms with Gasteiger partial charge in [-0.3, -0.25) is 9.48 Å². The number of halogens is 1. The number of alkyl halides is 1. The smallest absolute Gasteiger partial charge is 0.257 e. The number of amides is 1. The number of carbonyl (C=O) groups is 1. The lowest BCUT2D eigenvalue weighted by Crippen LogP contribution is -2.29. The lowest BCUT2D eigenvalue weighted by molar-refractivity contribution is 0.0802. The van der Waals surface area contributed by atoms with E-state index in [4.69, 9.17) is 11.6 Å². The van der Waals surface area contributed by atoms with Crippen LogP contribution in [0.2, 0.25) is 0 Å². The van der Waals surface area contributed by atoms with E-state index in [9.17, 15) is 4.79 Å². The topological polar surface area (TPSA) is 38.1 Å². The number of nitrogens with zero attached hydrogens (tertiary/aromatic N) is 3. The summed E-state index contributed by atoms with van der Waals surface area (Å²) in [5, 5.41) is 4.21. The van der Waals surface area contributed by atoms with Gasteiger partial charge in [-0.1, -0.05) is 0 Å². The van der Waals surface area contributed by atoms with Crippen LogP contribution in [-0.2, 0) is 7.05 Å². The van der Waals surface area contributed by atoms with Gasteiger partial charge in [0.15, 0.2) is 0 Å². The van der Waals surface area contributed by atoms with Gasteiger partial charge >= 0.3 is 0 Å². The van der Waals surface area contributed by atoms with Crippen molar-refractivity contribution in [1.29, 1.82) is 0 Å². The molecule has 0 aliphatic heterocycles. The Morgan fingerprint density at radius 2 is 2.13 bits per heavy atom. The van der Waals surface area contributed by atoms with Crippen LogP contribution in [0.25, 0.3) is 0 Å². The summed E-state index contributed by atoms with van der Waals surface area (Å²) in [6.07, 6.45) is 0. The van der Waals surface area contributed by atoms with Gasteiger partial charge in [0.05, 0.1) is 11.3 Å². The van der Waals surface area contributed by atoms with Crippen LogP contribution in [0.1, 0.15) is 21.7 Å². The fourth-order valence-corrected chi connectivity index (χ4v) is 1.76. The Morgan fingerprint density at radius 1 is 1.53 bits per heavy atom. The van der Waals surface area contributed by atoms with E-state index in [0.29, 0.717) is 18.0 Å². The molecule has 1 heterocycles. The maximum absolute atomic E-state index is 12.0. The molecule has 0 saturated heterocycles. The van der Waals surface area contributed by atoms with E-state index in [1.54, 1.807) is 16.6 Å². The maximum atomic E-state index is 12.0. The Labute approximate surface area is 94.8 Å². The van der Waals surface area contributed by atoms with Gasteiger partial charge in [-0.15, -0.1) is 11.6 Å². The first-order valence-corrected chi connectivity index (χ1v) is 5.34. The molecule has 0 aliphatic carbocycles. The van der Waals surface area contributed by atoms with Crippen molar-refractivity contribution in [2.45, 2.75) is 13.8 Å². The van der Waals surface area contributed by atoms with Crippen molar-refractivity contribution in [3.05, 3.63) is 17.0 Å². The number of hydrogen-bond donors (Lipinski definition) is 0. The molecule has 0 spiro atoms. The third-order valence-corrected chi connectivity index (χ3v) is 2.66. The zero-order chi connectivity index (χ0) is 11.6. The summed E-state index contributed by atoms with van der Waals surface area (Å²) in [5.41, 5.74) is 2.34. The molecular formula is C10H16ClN3O. The lowest BCUT2D eigenvalue weighted by atomic mass is 10.2. The first-order chi connectivity index (χ1) is 6.99. The Bertz CT molecular complexity index is 373. The number of aromatic nitrogens is 2. The van der Waals surface area contributed by atoms with Crippen LogP contribution in [0.4, 0.5) is 0 Å². The van der Waals surface area contributed by atoms with Crippen LogP contribution in [0.15, 0.2) is 0 Å². The summed E-state index contributed by atoms with van der Waals surface area (Å²) in [4.78, 5) is 13.6. The average Bonchev–Trinajstić information content (AvgIpc) is 2.41. The van der Waals surface area contributed by atoms with Gasteiger partial charge in [-0.2, -0.15) is 5.10 Å². The van der Waals surface area contributed by atoms with Crippen molar-refractivity contribution in [3.8, 4) is 0 Å². The van der Waals surface area contributed by atoms with Gasteiger partial charge < -0.3 is 4.90 Å². The normalized spacial score (nSPS) is 10.5. The molecule has 0 unspecified atom stereocenters. The minimum absolute atomic E-state index is 0.0150. The zero-order valence-corrected chi connectivity index (χ0v) is 10.3. The highest BCUT2D eigenvalue weighted by atomic mass is 35.5. The van der Waals surface area contributed by atoms with Crippen molar-refractivity contribution in [3.63, 3.8) is 0 Å². The number of hydrogen-bond acceptors (Lipinski definition) is 2. The summed E-state index contributed by atoms with van der Waals surface area (Å²) >= 11 is 5.60. The predicted octanol–water partition coefficient (Wildman–Crippen LogP) is 1.35. The van der Waals surface area contributed by atoms with Gasteiger partial charge in [0.2, 0.25) is 0 Å². The van der Waals surface area contributed by atoms with Crippen molar-refractivity contribution in [2.24, 2.45) is 7.05 Å². The molecule has 1 rings (SSSR count). The molecule has 5 heteroatoms. The summed E-state index contributed by atoms with van der Waals surface area (Å²) < 4.78 is 1.72. The van der Waals surface area contributed by atoms with Crippen molar-refractivity contribution in [2.75, 3.05) is 19.5 Å². The highest BCUT2D eigenvalue weighted by Gasteiger charge is 2.19. The second-order valence-corrected chi connectivity index (χ2v) is 3.96. The molecule has 0 N–H and O–H groups in total. The largest absolute Gasteiger partial charge is 0.340 e. The number of rotatable bonds is 3. The zero-order valence-electron chi connectivity index (χ0n) is 9.54. The van der Waals surface area contributed by atoms with Crippen molar-refractivity contribution in [1.82, 2.24) is 14.7 Å². The lowest BCUT2D eigenvalue weighted by Gasteiger charge is -2.15. The van der Waals surface area contributed by atoms with E-state index >= 15 is 0 Å². The summed E-state index contributed by atoms with van der Waals surface area (Å²) in [6.45, 7) is 4.28. The molecule has 0 bridgehead atoms. The predicted molar refractivity (Wildman–Crippen MR) is 60.4 cm³/mol. The Kier molecular flexibility index (Phi) is 3.74. The van der Waals surface area contributed by atoms with Crippen LogP contribution in [0, 0.1) is 13.8 Å². The second kappa shape index (κ2) is 4.66. The van der Waals surface area contributed by atoms with Crippen LogP contribution >= 0.6 is 11.6 Å². The van der Waals surface area contributed by atoms with Gasteiger partial charge in [-0.25, -0.2) is 0 Å². The Balaban J connectivity index is 3.00.